The van der Waals surface area contributed by atoms with Gasteiger partial charge in [0.1, 0.15) is 0 Å². The molecule has 0 amide bonds. The van der Waals surface area contributed by atoms with Crippen LogP contribution in [0.5, 0.6) is 0 Å². The summed E-state index contributed by atoms with van der Waals surface area (Å²) in [5.74, 6) is 0.468. The molecular formula is C12H22N4OS. The summed E-state index contributed by atoms with van der Waals surface area (Å²) in [7, 11) is 5.76. The second-order valence-electron chi connectivity index (χ2n) is 4.14. The van der Waals surface area contributed by atoms with Crippen molar-refractivity contribution in [2.75, 3.05) is 40.9 Å². The fraction of sp³-hybridized carbons (Fsp3) is 0.583. The Morgan fingerprint density at radius 3 is 2.94 bits per heavy atom. The van der Waals surface area contributed by atoms with Crippen molar-refractivity contribution in [3.8, 4) is 0 Å². The molecule has 3 N–H and O–H groups in total. The number of likely N-dealkylation sites (N-methyl/N-ethyl adjacent to an activating group) is 1. The maximum atomic E-state index is 5.78. The van der Waals surface area contributed by atoms with E-state index in [9.17, 15) is 0 Å². The second kappa shape index (κ2) is 8.07. The number of ether oxygens (including phenoxy) is 1. The summed E-state index contributed by atoms with van der Waals surface area (Å²) >= 11 is 1.74. The Kier molecular flexibility index (Phi) is 6.70. The average Bonchev–Trinajstić information content (AvgIpc) is 2.83. The number of nitrogens with two attached hydrogens (primary N) is 1. The number of thiophene rings is 1. The van der Waals surface area contributed by atoms with Crippen LogP contribution in [0.3, 0.4) is 0 Å². The summed E-state index contributed by atoms with van der Waals surface area (Å²) in [6, 6.07) is 4.45. The normalized spacial score (nSPS) is 13.9. The van der Waals surface area contributed by atoms with E-state index in [1.54, 1.807) is 18.4 Å². The van der Waals surface area contributed by atoms with Crippen molar-refractivity contribution in [2.45, 2.75) is 6.04 Å². The van der Waals surface area contributed by atoms with Crippen LogP contribution in [-0.4, -0.2) is 51.8 Å². The van der Waals surface area contributed by atoms with Gasteiger partial charge in [0.05, 0.1) is 19.2 Å². The average molecular weight is 270 g/mol. The molecule has 1 atom stereocenters. The standard InChI is InChI=1S/C12H22N4OS/c1-16(2)10(11-5-4-8-18-11)9-15-12(13)14-6-7-17-3/h4-5,8,10H,6-7,9H2,1-3H3,(H3,13,14,15). The molecule has 0 saturated carbocycles. The number of methoxy groups -OCH3 is 1. The Bertz CT molecular complexity index is 351. The topological polar surface area (TPSA) is 62.9 Å². The molecule has 18 heavy (non-hydrogen) atoms. The van der Waals surface area contributed by atoms with E-state index in [0.29, 0.717) is 25.7 Å². The fourth-order valence-electron chi connectivity index (χ4n) is 1.51. The molecule has 0 radical (unpaired) electrons. The molecule has 102 valence electrons. The predicted molar refractivity (Wildman–Crippen MR) is 77.1 cm³/mol. The van der Waals surface area contributed by atoms with Crippen LogP contribution in [0.4, 0.5) is 0 Å². The summed E-state index contributed by atoms with van der Waals surface area (Å²) in [5, 5.41) is 5.09. The summed E-state index contributed by atoms with van der Waals surface area (Å²) in [5.41, 5.74) is 5.78. The van der Waals surface area contributed by atoms with Gasteiger partial charge in [0.25, 0.3) is 0 Å². The van der Waals surface area contributed by atoms with Gasteiger partial charge in [0.15, 0.2) is 5.96 Å². The first-order valence-electron chi connectivity index (χ1n) is 5.87. The van der Waals surface area contributed by atoms with Gasteiger partial charge in [-0.2, -0.15) is 0 Å². The lowest BCUT2D eigenvalue weighted by Crippen LogP contribution is -2.35. The fourth-order valence-corrected chi connectivity index (χ4v) is 2.42. The van der Waals surface area contributed by atoms with Crippen molar-refractivity contribution in [1.82, 2.24) is 10.2 Å². The Labute approximate surface area is 113 Å². The lowest BCUT2D eigenvalue weighted by atomic mass is 10.2. The molecule has 0 saturated heterocycles. The van der Waals surface area contributed by atoms with Gasteiger partial charge in [0, 0.05) is 18.5 Å². The molecule has 0 bridgehead atoms. The largest absolute Gasteiger partial charge is 0.383 e. The van der Waals surface area contributed by atoms with Crippen LogP contribution in [0, 0.1) is 0 Å². The zero-order valence-electron chi connectivity index (χ0n) is 11.2. The lowest BCUT2D eigenvalue weighted by Gasteiger charge is -2.21. The highest BCUT2D eigenvalue weighted by atomic mass is 32.1. The number of aliphatic imine (C=N–C) groups is 1. The van der Waals surface area contributed by atoms with Crippen molar-refractivity contribution in [2.24, 2.45) is 10.7 Å². The summed E-state index contributed by atoms with van der Waals surface area (Å²) < 4.78 is 4.94. The molecule has 0 aliphatic rings. The van der Waals surface area contributed by atoms with Crippen molar-refractivity contribution >= 4 is 17.3 Å². The number of nitrogens with one attached hydrogen (secondary N) is 1. The molecule has 5 nitrogen and oxygen atoms in total. The third kappa shape index (κ3) is 5.03. The minimum atomic E-state index is 0.271. The molecule has 1 rings (SSSR count). The van der Waals surface area contributed by atoms with Gasteiger partial charge in [-0.25, -0.2) is 0 Å². The van der Waals surface area contributed by atoms with E-state index in [0.717, 1.165) is 0 Å². The van der Waals surface area contributed by atoms with Gasteiger partial charge in [-0.3, -0.25) is 4.99 Å². The first-order chi connectivity index (χ1) is 8.65. The third-order valence-electron chi connectivity index (χ3n) is 2.54. The van der Waals surface area contributed by atoms with Crippen LogP contribution in [-0.2, 0) is 4.74 Å². The number of hydrogen-bond acceptors (Lipinski definition) is 4. The van der Waals surface area contributed by atoms with Crippen molar-refractivity contribution in [1.29, 1.82) is 0 Å². The summed E-state index contributed by atoms with van der Waals surface area (Å²) in [4.78, 5) is 7.82. The summed E-state index contributed by atoms with van der Waals surface area (Å²) in [6.07, 6.45) is 0. The van der Waals surface area contributed by atoms with Gasteiger partial charge in [-0.05, 0) is 25.5 Å². The minimum absolute atomic E-state index is 0.271. The van der Waals surface area contributed by atoms with Crippen molar-refractivity contribution in [3.63, 3.8) is 0 Å². The molecule has 0 spiro atoms. The number of guanidine groups is 1. The van der Waals surface area contributed by atoms with Gasteiger partial charge in [-0.15, -0.1) is 11.3 Å². The van der Waals surface area contributed by atoms with Crippen LogP contribution in [0.25, 0.3) is 0 Å². The van der Waals surface area contributed by atoms with E-state index in [4.69, 9.17) is 10.5 Å². The van der Waals surface area contributed by atoms with Gasteiger partial charge >= 0.3 is 0 Å². The minimum Gasteiger partial charge on any atom is -0.383 e. The molecule has 1 heterocycles. The molecule has 0 fully saturated rings. The maximum Gasteiger partial charge on any atom is 0.188 e. The third-order valence-corrected chi connectivity index (χ3v) is 3.52. The van der Waals surface area contributed by atoms with E-state index in [-0.39, 0.29) is 6.04 Å². The first-order valence-corrected chi connectivity index (χ1v) is 6.75. The predicted octanol–water partition coefficient (Wildman–Crippen LogP) is 0.902. The quantitative estimate of drug-likeness (QED) is 0.439. The van der Waals surface area contributed by atoms with Crippen LogP contribution < -0.4 is 11.1 Å². The van der Waals surface area contributed by atoms with Crippen molar-refractivity contribution in [3.05, 3.63) is 22.4 Å². The van der Waals surface area contributed by atoms with E-state index in [1.807, 2.05) is 0 Å². The Morgan fingerprint density at radius 2 is 2.39 bits per heavy atom. The lowest BCUT2D eigenvalue weighted by molar-refractivity contribution is 0.204. The molecule has 0 aliphatic carbocycles. The molecule has 6 heteroatoms. The summed E-state index contributed by atoms with van der Waals surface area (Å²) in [6.45, 7) is 1.95. The second-order valence-corrected chi connectivity index (χ2v) is 5.12. The van der Waals surface area contributed by atoms with Crippen molar-refractivity contribution < 1.29 is 4.74 Å². The molecule has 1 aromatic heterocycles. The highest BCUT2D eigenvalue weighted by Crippen LogP contribution is 2.23. The Morgan fingerprint density at radius 1 is 1.61 bits per heavy atom. The SMILES string of the molecule is COCCNC(N)=NCC(c1cccs1)N(C)C. The van der Waals surface area contributed by atoms with E-state index in [2.05, 4.69) is 46.8 Å². The van der Waals surface area contributed by atoms with E-state index < -0.39 is 0 Å². The number of hydrogen-bond donors (Lipinski definition) is 2. The number of rotatable bonds is 7. The highest BCUT2D eigenvalue weighted by Gasteiger charge is 2.14. The smallest absolute Gasteiger partial charge is 0.188 e. The molecule has 1 unspecified atom stereocenters. The van der Waals surface area contributed by atoms with Crippen LogP contribution in [0.2, 0.25) is 0 Å². The zero-order valence-corrected chi connectivity index (χ0v) is 12.0. The van der Waals surface area contributed by atoms with Gasteiger partial charge < -0.3 is 20.7 Å². The van der Waals surface area contributed by atoms with Gasteiger partial charge in [-0.1, -0.05) is 6.07 Å². The Hall–Kier alpha value is -1.11. The van der Waals surface area contributed by atoms with E-state index in [1.165, 1.54) is 4.88 Å². The molecule has 1 aromatic rings. The van der Waals surface area contributed by atoms with Gasteiger partial charge in [0.2, 0.25) is 0 Å². The molecular weight excluding hydrogens is 248 g/mol. The van der Waals surface area contributed by atoms with Crippen LogP contribution in [0.1, 0.15) is 10.9 Å². The monoisotopic (exact) mass is 270 g/mol. The molecule has 0 aromatic carbocycles. The number of nitrogens with zero attached hydrogens (tertiary/aromatic N) is 2. The zero-order chi connectivity index (χ0) is 13.4. The Balaban J connectivity index is 2.49. The first kappa shape index (κ1) is 14.9. The molecule has 0 aliphatic heterocycles. The van der Waals surface area contributed by atoms with E-state index >= 15 is 0 Å². The van der Waals surface area contributed by atoms with Crippen LogP contribution in [0.15, 0.2) is 22.5 Å². The highest BCUT2D eigenvalue weighted by molar-refractivity contribution is 7.10. The van der Waals surface area contributed by atoms with Crippen LogP contribution >= 0.6 is 11.3 Å². The maximum absolute atomic E-state index is 5.78.